The Kier molecular flexibility index (Phi) is 1.61. The quantitative estimate of drug-likeness (QED) is 0.578. The molecule has 0 bridgehead atoms. The van der Waals surface area contributed by atoms with Crippen molar-refractivity contribution in [1.82, 2.24) is 5.27 Å². The highest BCUT2D eigenvalue weighted by atomic mass is 16.5. The SMILES string of the molecule is Cc1c(N)on[n+]1C(C)C. The van der Waals surface area contributed by atoms with Crippen LogP contribution in [0.25, 0.3) is 0 Å². The molecule has 0 aliphatic carbocycles. The minimum atomic E-state index is 0.307. The van der Waals surface area contributed by atoms with Crippen molar-refractivity contribution in [3.05, 3.63) is 5.69 Å². The summed E-state index contributed by atoms with van der Waals surface area (Å²) in [5.74, 6) is 0.397. The minimum Gasteiger partial charge on any atom is -0.362 e. The molecule has 0 aliphatic heterocycles. The minimum absolute atomic E-state index is 0.307. The molecule has 56 valence electrons. The van der Waals surface area contributed by atoms with Crippen LogP contribution in [0.5, 0.6) is 0 Å². The van der Waals surface area contributed by atoms with Crippen molar-refractivity contribution in [3.63, 3.8) is 0 Å². The molecule has 0 radical (unpaired) electrons. The van der Waals surface area contributed by atoms with Gasteiger partial charge in [-0.2, -0.15) is 0 Å². The van der Waals surface area contributed by atoms with E-state index in [1.807, 2.05) is 20.8 Å². The first-order valence-corrected chi connectivity index (χ1v) is 3.26. The molecule has 0 aliphatic rings. The fourth-order valence-electron chi connectivity index (χ4n) is 0.810. The third-order valence-electron chi connectivity index (χ3n) is 1.42. The van der Waals surface area contributed by atoms with Crippen LogP contribution in [0.1, 0.15) is 25.6 Å². The van der Waals surface area contributed by atoms with Gasteiger partial charge in [0.15, 0.2) is 6.04 Å². The zero-order valence-corrected chi connectivity index (χ0v) is 6.46. The number of rotatable bonds is 1. The van der Waals surface area contributed by atoms with Gasteiger partial charge < -0.3 is 5.73 Å². The van der Waals surface area contributed by atoms with E-state index in [2.05, 4.69) is 5.27 Å². The second-order valence-corrected chi connectivity index (χ2v) is 2.56. The number of nitrogens with zero attached hydrogens (tertiary/aromatic N) is 2. The standard InChI is InChI=1S/C6H12N3O/c1-4(2)9-5(3)6(7)10-8-9/h4H,7H2,1-3H3/q+1. The van der Waals surface area contributed by atoms with Crippen LogP contribution in [0, 0.1) is 6.92 Å². The fraction of sp³-hybridized carbons (Fsp3) is 0.667. The first kappa shape index (κ1) is 7.05. The lowest BCUT2D eigenvalue weighted by Gasteiger charge is -1.89. The summed E-state index contributed by atoms with van der Waals surface area (Å²) in [6.07, 6.45) is 0. The number of nitrogen functional groups attached to an aromatic ring is 1. The van der Waals surface area contributed by atoms with E-state index in [0.717, 1.165) is 5.69 Å². The van der Waals surface area contributed by atoms with Gasteiger partial charge in [-0.1, -0.05) is 0 Å². The topological polar surface area (TPSA) is 55.9 Å². The first-order valence-electron chi connectivity index (χ1n) is 3.26. The predicted octanol–water partition coefficient (Wildman–Crippen LogP) is 0.434. The maximum absolute atomic E-state index is 5.43. The summed E-state index contributed by atoms with van der Waals surface area (Å²) in [6, 6.07) is 0.307. The molecule has 1 rings (SSSR count). The number of hydrogen-bond acceptors (Lipinski definition) is 3. The second-order valence-electron chi connectivity index (χ2n) is 2.56. The van der Waals surface area contributed by atoms with Crippen molar-refractivity contribution in [2.24, 2.45) is 0 Å². The van der Waals surface area contributed by atoms with E-state index in [1.54, 1.807) is 4.68 Å². The van der Waals surface area contributed by atoms with E-state index in [1.165, 1.54) is 0 Å². The van der Waals surface area contributed by atoms with Gasteiger partial charge in [0.2, 0.25) is 5.27 Å². The maximum atomic E-state index is 5.43. The van der Waals surface area contributed by atoms with Gasteiger partial charge in [0.05, 0.1) is 0 Å². The maximum Gasteiger partial charge on any atom is 0.296 e. The summed E-state index contributed by atoms with van der Waals surface area (Å²) in [4.78, 5) is 0. The average molecular weight is 142 g/mol. The van der Waals surface area contributed by atoms with E-state index >= 15 is 0 Å². The highest BCUT2D eigenvalue weighted by molar-refractivity contribution is 5.22. The zero-order valence-electron chi connectivity index (χ0n) is 6.46. The predicted molar refractivity (Wildman–Crippen MR) is 36.2 cm³/mol. The fourth-order valence-corrected chi connectivity index (χ4v) is 0.810. The van der Waals surface area contributed by atoms with Crippen molar-refractivity contribution in [1.29, 1.82) is 0 Å². The van der Waals surface area contributed by atoms with Gasteiger partial charge in [0.25, 0.3) is 11.6 Å². The summed E-state index contributed by atoms with van der Waals surface area (Å²) >= 11 is 0. The van der Waals surface area contributed by atoms with Crippen LogP contribution in [-0.4, -0.2) is 5.27 Å². The molecule has 0 atom stereocenters. The molecule has 4 heteroatoms. The molecule has 1 heterocycles. The monoisotopic (exact) mass is 142 g/mol. The van der Waals surface area contributed by atoms with E-state index < -0.39 is 0 Å². The molecular formula is C6H12N3O+. The molecule has 4 nitrogen and oxygen atoms in total. The van der Waals surface area contributed by atoms with Crippen LogP contribution in [0.4, 0.5) is 5.88 Å². The number of nitrogens with two attached hydrogens (primary N) is 1. The molecule has 0 unspecified atom stereocenters. The second kappa shape index (κ2) is 2.28. The van der Waals surface area contributed by atoms with Crippen molar-refractivity contribution in [2.45, 2.75) is 26.8 Å². The van der Waals surface area contributed by atoms with Crippen LogP contribution in [-0.2, 0) is 0 Å². The van der Waals surface area contributed by atoms with Gasteiger partial charge >= 0.3 is 0 Å². The van der Waals surface area contributed by atoms with Crippen molar-refractivity contribution < 1.29 is 9.20 Å². The molecule has 1 aromatic rings. The third-order valence-corrected chi connectivity index (χ3v) is 1.42. The summed E-state index contributed by atoms with van der Waals surface area (Å²) in [6.45, 7) is 5.93. The van der Waals surface area contributed by atoms with E-state index in [0.29, 0.717) is 11.9 Å². The summed E-state index contributed by atoms with van der Waals surface area (Å²) < 4.78 is 6.49. The Balaban J connectivity index is 3.05. The summed E-state index contributed by atoms with van der Waals surface area (Å²) in [5.41, 5.74) is 6.31. The van der Waals surface area contributed by atoms with Crippen LogP contribution in [0.15, 0.2) is 4.52 Å². The van der Waals surface area contributed by atoms with Crippen molar-refractivity contribution in [3.8, 4) is 0 Å². The van der Waals surface area contributed by atoms with E-state index in [9.17, 15) is 0 Å². The molecule has 0 amide bonds. The van der Waals surface area contributed by atoms with Gasteiger partial charge in [0, 0.05) is 20.8 Å². The molecule has 0 saturated heterocycles. The third kappa shape index (κ3) is 0.964. The Bertz CT molecular complexity index is 229. The molecule has 2 N–H and O–H groups in total. The highest BCUT2D eigenvalue weighted by Crippen LogP contribution is 2.04. The number of hydrogen-bond donors (Lipinski definition) is 1. The van der Waals surface area contributed by atoms with Gasteiger partial charge in [-0.05, 0) is 4.68 Å². The Morgan fingerprint density at radius 1 is 1.60 bits per heavy atom. The Hall–Kier alpha value is -1.06. The van der Waals surface area contributed by atoms with Gasteiger partial charge in [-0.25, -0.2) is 0 Å². The molecular weight excluding hydrogens is 130 g/mol. The Morgan fingerprint density at radius 2 is 2.20 bits per heavy atom. The van der Waals surface area contributed by atoms with E-state index in [4.69, 9.17) is 10.3 Å². The first-order chi connectivity index (χ1) is 4.63. The average Bonchev–Trinajstić information content (AvgIpc) is 2.14. The highest BCUT2D eigenvalue weighted by Gasteiger charge is 2.19. The van der Waals surface area contributed by atoms with Crippen LogP contribution < -0.4 is 10.4 Å². The normalized spacial score (nSPS) is 10.8. The smallest absolute Gasteiger partial charge is 0.296 e. The van der Waals surface area contributed by atoms with Crippen LogP contribution >= 0.6 is 0 Å². The zero-order chi connectivity index (χ0) is 7.72. The molecule has 0 aromatic carbocycles. The molecule has 0 saturated carbocycles. The largest absolute Gasteiger partial charge is 0.362 e. The molecule has 1 aromatic heterocycles. The lowest BCUT2D eigenvalue weighted by molar-refractivity contribution is -0.784. The van der Waals surface area contributed by atoms with Gasteiger partial charge in [-0.3, -0.25) is 4.52 Å². The lowest BCUT2D eigenvalue weighted by atomic mass is 10.4. The molecule has 0 spiro atoms. The summed E-state index contributed by atoms with van der Waals surface area (Å²) in [7, 11) is 0. The lowest BCUT2D eigenvalue weighted by Crippen LogP contribution is -2.40. The van der Waals surface area contributed by atoms with Crippen LogP contribution in [0.2, 0.25) is 0 Å². The van der Waals surface area contributed by atoms with E-state index in [-0.39, 0.29) is 0 Å². The molecule has 0 fully saturated rings. The van der Waals surface area contributed by atoms with Crippen molar-refractivity contribution >= 4 is 5.88 Å². The van der Waals surface area contributed by atoms with Gasteiger partial charge in [0.1, 0.15) is 0 Å². The van der Waals surface area contributed by atoms with Crippen molar-refractivity contribution in [2.75, 3.05) is 5.73 Å². The number of anilines is 1. The Morgan fingerprint density at radius 3 is 2.40 bits per heavy atom. The van der Waals surface area contributed by atoms with Gasteiger partial charge in [-0.15, -0.1) is 0 Å². The Labute approximate surface area is 59.6 Å². The van der Waals surface area contributed by atoms with Crippen LogP contribution in [0.3, 0.4) is 0 Å². The number of aromatic nitrogens is 2. The summed E-state index contributed by atoms with van der Waals surface area (Å²) in [5, 5.41) is 3.73. The molecule has 10 heavy (non-hydrogen) atoms.